The molecule has 0 unspecified atom stereocenters. The van der Waals surface area contributed by atoms with Gasteiger partial charge in [-0.15, -0.1) is 0 Å². The largest absolute Gasteiger partial charge is 0.376 e. The van der Waals surface area contributed by atoms with Crippen LogP contribution in [0.5, 0.6) is 0 Å². The summed E-state index contributed by atoms with van der Waals surface area (Å²) in [4.78, 5) is 39.8. The molecule has 2 amide bonds. The number of halogens is 3. The number of hydrogen-bond donors (Lipinski definition) is 1. The van der Waals surface area contributed by atoms with Crippen LogP contribution in [0.3, 0.4) is 0 Å². The summed E-state index contributed by atoms with van der Waals surface area (Å²) in [5, 5.41) is 3.27. The summed E-state index contributed by atoms with van der Waals surface area (Å²) in [6.45, 7) is 2.46. The first-order valence-corrected chi connectivity index (χ1v) is 11.8. The van der Waals surface area contributed by atoms with Crippen molar-refractivity contribution < 1.29 is 27.9 Å². The lowest BCUT2D eigenvalue weighted by atomic mass is 10.1. The minimum atomic E-state index is -1.60. The number of nitrogens with one attached hydrogen (secondary N) is 1. The van der Waals surface area contributed by atoms with Crippen LogP contribution in [0.25, 0.3) is 10.9 Å². The lowest BCUT2D eigenvalue weighted by molar-refractivity contribution is -0.141. The molecule has 1 aromatic heterocycles. The van der Waals surface area contributed by atoms with E-state index in [2.05, 4.69) is 5.32 Å². The Labute approximate surface area is 212 Å². The Hall–Kier alpha value is -3.30. The smallest absolute Gasteiger partial charge is 0.246 e. The van der Waals surface area contributed by atoms with Gasteiger partial charge in [0, 0.05) is 35.3 Å². The van der Waals surface area contributed by atoms with Gasteiger partial charge in [-0.3, -0.25) is 14.4 Å². The SMILES string of the molecule is CO[C@H]1[C@@H](C(=O)N[C@@H](C)c2cccc(Cl)c2F)N(C(=O)Cn2cc(C(C)=O)c3ccccc32)C[C@@H]1F. The third kappa shape index (κ3) is 4.73. The van der Waals surface area contributed by atoms with Gasteiger partial charge in [0.05, 0.1) is 17.6 Å². The van der Waals surface area contributed by atoms with Crippen molar-refractivity contribution in [3.8, 4) is 0 Å². The second-order valence-corrected chi connectivity index (χ2v) is 9.23. The number of ketones is 1. The molecule has 1 aliphatic heterocycles. The van der Waals surface area contributed by atoms with E-state index in [1.807, 2.05) is 0 Å². The number of likely N-dealkylation sites (tertiary alicyclic amines) is 1. The quantitative estimate of drug-likeness (QED) is 0.479. The minimum Gasteiger partial charge on any atom is -0.376 e. The first kappa shape index (κ1) is 25.8. The van der Waals surface area contributed by atoms with Gasteiger partial charge in [-0.1, -0.05) is 41.9 Å². The first-order valence-electron chi connectivity index (χ1n) is 11.4. The highest BCUT2D eigenvalue weighted by atomic mass is 35.5. The van der Waals surface area contributed by atoms with Crippen LogP contribution in [-0.4, -0.2) is 59.0 Å². The van der Waals surface area contributed by atoms with Crippen molar-refractivity contribution in [1.82, 2.24) is 14.8 Å². The fraction of sp³-hybridized carbons (Fsp3) is 0.346. The Morgan fingerprint density at radius 3 is 2.61 bits per heavy atom. The van der Waals surface area contributed by atoms with Gasteiger partial charge in [0.15, 0.2) is 5.78 Å². The van der Waals surface area contributed by atoms with Gasteiger partial charge in [0.1, 0.15) is 30.7 Å². The van der Waals surface area contributed by atoms with Crippen LogP contribution in [0.15, 0.2) is 48.7 Å². The van der Waals surface area contributed by atoms with E-state index in [9.17, 15) is 23.2 Å². The monoisotopic (exact) mass is 517 g/mol. The normalized spacial score (nSPS) is 20.5. The number of para-hydroxylation sites is 1. The van der Waals surface area contributed by atoms with Crippen molar-refractivity contribution in [2.75, 3.05) is 13.7 Å². The van der Waals surface area contributed by atoms with Gasteiger partial charge >= 0.3 is 0 Å². The van der Waals surface area contributed by atoms with Gasteiger partial charge in [0.25, 0.3) is 0 Å². The Kier molecular flexibility index (Phi) is 7.42. The highest BCUT2D eigenvalue weighted by molar-refractivity contribution is 6.30. The van der Waals surface area contributed by atoms with E-state index in [0.29, 0.717) is 16.5 Å². The number of nitrogens with zero attached hydrogens (tertiary/aromatic N) is 2. The van der Waals surface area contributed by atoms with Crippen molar-refractivity contribution in [1.29, 1.82) is 0 Å². The molecular formula is C26H26ClF2N3O4. The standard InChI is InChI=1S/C26H26ClF2N3O4/c1-14(16-8-6-9-19(27)23(16)29)30-26(35)24-25(36-3)20(28)12-32(24)22(34)13-31-11-18(15(2)33)17-7-4-5-10-21(17)31/h4-11,14,20,24-25H,12-13H2,1-3H3,(H,30,35)/t14-,20-,24-,25+/m0/s1. The molecule has 7 nitrogen and oxygen atoms in total. The van der Waals surface area contributed by atoms with Crippen LogP contribution in [0.2, 0.25) is 5.02 Å². The molecule has 0 bridgehead atoms. The maximum absolute atomic E-state index is 14.9. The predicted molar refractivity (Wildman–Crippen MR) is 131 cm³/mol. The molecule has 4 rings (SSSR count). The van der Waals surface area contributed by atoms with Crippen LogP contribution >= 0.6 is 11.6 Å². The lowest BCUT2D eigenvalue weighted by Gasteiger charge is -2.28. The van der Waals surface area contributed by atoms with Gasteiger partial charge in [0.2, 0.25) is 11.8 Å². The van der Waals surface area contributed by atoms with Crippen molar-refractivity contribution in [3.05, 3.63) is 70.6 Å². The summed E-state index contributed by atoms with van der Waals surface area (Å²) in [5.41, 5.74) is 1.29. The molecule has 2 heterocycles. The number of hydrogen-bond acceptors (Lipinski definition) is 4. The number of aromatic nitrogens is 1. The van der Waals surface area contributed by atoms with Gasteiger partial charge in [-0.2, -0.15) is 0 Å². The average molecular weight is 518 g/mol. The highest BCUT2D eigenvalue weighted by Gasteiger charge is 2.49. The molecule has 0 saturated carbocycles. The zero-order valence-electron chi connectivity index (χ0n) is 20.0. The zero-order valence-corrected chi connectivity index (χ0v) is 20.8. The average Bonchev–Trinajstić information content (AvgIpc) is 3.38. The van der Waals surface area contributed by atoms with Gasteiger partial charge < -0.3 is 19.5 Å². The number of benzene rings is 2. The molecule has 1 fully saturated rings. The van der Waals surface area contributed by atoms with E-state index >= 15 is 0 Å². The second kappa shape index (κ2) is 10.4. The van der Waals surface area contributed by atoms with Gasteiger partial charge in [-0.05, 0) is 26.0 Å². The molecule has 0 aliphatic carbocycles. The molecule has 4 atom stereocenters. The number of fused-ring (bicyclic) bond motifs is 1. The Morgan fingerprint density at radius 2 is 1.92 bits per heavy atom. The molecule has 0 spiro atoms. The molecule has 2 aromatic carbocycles. The summed E-state index contributed by atoms with van der Waals surface area (Å²) in [5.74, 6) is -2.01. The van der Waals surface area contributed by atoms with Crippen LogP contribution < -0.4 is 5.32 Å². The van der Waals surface area contributed by atoms with E-state index in [-0.39, 0.29) is 29.5 Å². The van der Waals surface area contributed by atoms with Crippen LogP contribution in [0.1, 0.15) is 35.8 Å². The maximum Gasteiger partial charge on any atom is 0.246 e. The van der Waals surface area contributed by atoms with Crippen LogP contribution in [0, 0.1) is 5.82 Å². The van der Waals surface area contributed by atoms with E-state index in [0.717, 1.165) is 4.90 Å². The Balaban J connectivity index is 1.59. The van der Waals surface area contributed by atoms with E-state index < -0.39 is 42.0 Å². The summed E-state index contributed by atoms with van der Waals surface area (Å²) >= 11 is 5.86. The fourth-order valence-corrected chi connectivity index (χ4v) is 4.91. The van der Waals surface area contributed by atoms with Crippen LogP contribution in [-0.2, 0) is 20.9 Å². The number of rotatable bonds is 7. The molecule has 3 aromatic rings. The predicted octanol–water partition coefficient (Wildman–Crippen LogP) is 4.08. The van der Waals surface area contributed by atoms with Crippen molar-refractivity contribution in [3.63, 3.8) is 0 Å². The molecule has 190 valence electrons. The Morgan fingerprint density at radius 1 is 1.19 bits per heavy atom. The number of carbonyl (C=O) groups excluding carboxylic acids is 3. The third-order valence-electron chi connectivity index (χ3n) is 6.52. The molecule has 1 N–H and O–H groups in total. The molecule has 1 saturated heterocycles. The molecule has 10 heteroatoms. The summed E-state index contributed by atoms with van der Waals surface area (Å²) in [6, 6.07) is 9.52. The minimum absolute atomic E-state index is 0.0891. The lowest BCUT2D eigenvalue weighted by Crippen LogP contribution is -2.52. The summed E-state index contributed by atoms with van der Waals surface area (Å²) in [7, 11) is 1.27. The van der Waals surface area contributed by atoms with Gasteiger partial charge in [-0.25, -0.2) is 8.78 Å². The summed E-state index contributed by atoms with van der Waals surface area (Å²) < 4.78 is 36.2. The number of carbonyl (C=O) groups is 3. The van der Waals surface area contributed by atoms with Crippen LogP contribution in [0.4, 0.5) is 8.78 Å². The highest BCUT2D eigenvalue weighted by Crippen LogP contribution is 2.28. The zero-order chi connectivity index (χ0) is 26.1. The number of amides is 2. The number of Topliss-reactive ketones (excluding diaryl/α,β-unsaturated/α-hetero) is 1. The molecular weight excluding hydrogens is 492 g/mol. The topological polar surface area (TPSA) is 80.6 Å². The number of alkyl halides is 1. The Bertz CT molecular complexity index is 1330. The first-order chi connectivity index (χ1) is 17.1. The number of methoxy groups -OCH3 is 1. The van der Waals surface area contributed by atoms with E-state index in [1.165, 1.54) is 26.2 Å². The molecule has 1 aliphatic rings. The summed E-state index contributed by atoms with van der Waals surface area (Å²) in [6.07, 6.45) is -1.21. The fourth-order valence-electron chi connectivity index (χ4n) is 4.73. The molecule has 36 heavy (non-hydrogen) atoms. The van der Waals surface area contributed by atoms with E-state index in [1.54, 1.807) is 48.0 Å². The number of ether oxygens (including phenoxy) is 1. The third-order valence-corrected chi connectivity index (χ3v) is 6.81. The van der Waals surface area contributed by atoms with Crippen molar-refractivity contribution in [2.45, 2.75) is 44.8 Å². The molecule has 0 radical (unpaired) electrons. The van der Waals surface area contributed by atoms with Crippen molar-refractivity contribution >= 4 is 40.1 Å². The maximum atomic E-state index is 14.9. The van der Waals surface area contributed by atoms with Crippen molar-refractivity contribution in [2.24, 2.45) is 0 Å². The van der Waals surface area contributed by atoms with E-state index in [4.69, 9.17) is 16.3 Å². The second-order valence-electron chi connectivity index (χ2n) is 8.82.